The molecular formula is C20H23N3O5S. The van der Waals surface area contributed by atoms with Crippen LogP contribution in [0.5, 0.6) is 5.75 Å². The second-order valence-electron chi connectivity index (χ2n) is 7.09. The fourth-order valence-electron chi connectivity index (χ4n) is 2.88. The molecule has 0 fully saturated rings. The van der Waals surface area contributed by atoms with Crippen molar-refractivity contribution >= 4 is 33.2 Å². The second kappa shape index (κ2) is 8.22. The number of anilines is 2. The Kier molecular flexibility index (Phi) is 5.90. The highest BCUT2D eigenvalue weighted by molar-refractivity contribution is 7.89. The molecule has 9 heteroatoms. The Labute approximate surface area is 169 Å². The number of ether oxygens (including phenoxy) is 1. The Bertz CT molecular complexity index is 1030. The quantitative estimate of drug-likeness (QED) is 0.748. The molecule has 1 heterocycles. The molecule has 0 atom stereocenters. The van der Waals surface area contributed by atoms with Crippen LogP contribution >= 0.6 is 0 Å². The van der Waals surface area contributed by atoms with E-state index in [1.807, 2.05) is 19.1 Å². The van der Waals surface area contributed by atoms with Gasteiger partial charge in [0.1, 0.15) is 12.3 Å². The molecule has 1 aliphatic heterocycles. The standard InChI is InChI=1S/C20H23N3O5S/c1-13(2)22-29(26,27)16-8-9-17-18(10-16)28-12-20(25)23(17)11-19(24)21-15-6-4-14(3)5-7-15/h4-10,13,22H,11-12H2,1-3H3,(H,21,24). The van der Waals surface area contributed by atoms with Crippen molar-refractivity contribution in [2.24, 2.45) is 0 Å². The van der Waals surface area contributed by atoms with E-state index in [0.29, 0.717) is 11.4 Å². The van der Waals surface area contributed by atoms with Crippen LogP contribution in [0.4, 0.5) is 11.4 Å². The maximum Gasteiger partial charge on any atom is 0.265 e. The van der Waals surface area contributed by atoms with E-state index < -0.39 is 10.0 Å². The van der Waals surface area contributed by atoms with E-state index >= 15 is 0 Å². The van der Waals surface area contributed by atoms with Gasteiger partial charge in [-0.3, -0.25) is 14.5 Å². The van der Waals surface area contributed by atoms with Crippen LogP contribution in [-0.2, 0) is 19.6 Å². The molecule has 0 aliphatic carbocycles. The van der Waals surface area contributed by atoms with Crippen LogP contribution in [0.25, 0.3) is 0 Å². The van der Waals surface area contributed by atoms with Gasteiger partial charge in [0.05, 0.1) is 10.6 Å². The van der Waals surface area contributed by atoms with Crippen molar-refractivity contribution in [3.63, 3.8) is 0 Å². The van der Waals surface area contributed by atoms with Gasteiger partial charge >= 0.3 is 0 Å². The molecule has 2 aromatic carbocycles. The summed E-state index contributed by atoms with van der Waals surface area (Å²) < 4.78 is 32.6. The fourth-order valence-corrected chi connectivity index (χ4v) is 4.15. The van der Waals surface area contributed by atoms with Gasteiger partial charge in [-0.25, -0.2) is 13.1 Å². The Morgan fingerprint density at radius 3 is 2.52 bits per heavy atom. The van der Waals surface area contributed by atoms with Gasteiger partial charge in [0.2, 0.25) is 15.9 Å². The van der Waals surface area contributed by atoms with Gasteiger partial charge in [0.15, 0.2) is 6.61 Å². The third-order valence-corrected chi connectivity index (χ3v) is 5.87. The van der Waals surface area contributed by atoms with Gasteiger partial charge in [-0.2, -0.15) is 0 Å². The molecule has 2 amide bonds. The molecule has 0 saturated carbocycles. The Morgan fingerprint density at radius 1 is 1.17 bits per heavy atom. The fraction of sp³-hybridized carbons (Fsp3) is 0.300. The molecule has 0 bridgehead atoms. The number of sulfonamides is 1. The number of carbonyl (C=O) groups is 2. The molecule has 0 saturated heterocycles. The van der Waals surface area contributed by atoms with Gasteiger partial charge < -0.3 is 10.1 Å². The van der Waals surface area contributed by atoms with Gasteiger partial charge in [0, 0.05) is 17.8 Å². The highest BCUT2D eigenvalue weighted by Gasteiger charge is 2.29. The SMILES string of the molecule is Cc1ccc(NC(=O)CN2C(=O)COc3cc(S(=O)(=O)NC(C)C)ccc32)cc1. The average molecular weight is 417 g/mol. The molecule has 2 N–H and O–H groups in total. The van der Waals surface area contributed by atoms with E-state index in [4.69, 9.17) is 4.74 Å². The van der Waals surface area contributed by atoms with E-state index in [-0.39, 0.29) is 41.7 Å². The maximum absolute atomic E-state index is 12.4. The molecule has 3 rings (SSSR count). The molecule has 2 aromatic rings. The van der Waals surface area contributed by atoms with Crippen LogP contribution in [0, 0.1) is 6.92 Å². The van der Waals surface area contributed by atoms with Crippen LogP contribution in [0.2, 0.25) is 0 Å². The monoisotopic (exact) mass is 417 g/mol. The number of nitrogens with one attached hydrogen (secondary N) is 2. The summed E-state index contributed by atoms with van der Waals surface area (Å²) in [5.41, 5.74) is 2.05. The van der Waals surface area contributed by atoms with Crippen molar-refractivity contribution < 1.29 is 22.7 Å². The first-order valence-electron chi connectivity index (χ1n) is 9.12. The van der Waals surface area contributed by atoms with Crippen LogP contribution in [0.15, 0.2) is 47.4 Å². The largest absolute Gasteiger partial charge is 0.482 e. The Hall–Kier alpha value is -2.91. The summed E-state index contributed by atoms with van der Waals surface area (Å²) in [6, 6.07) is 11.3. The zero-order valence-electron chi connectivity index (χ0n) is 16.4. The number of nitrogens with zero attached hydrogens (tertiary/aromatic N) is 1. The zero-order chi connectivity index (χ0) is 21.2. The van der Waals surface area contributed by atoms with Crippen molar-refractivity contribution in [3.8, 4) is 5.75 Å². The van der Waals surface area contributed by atoms with Crippen LogP contribution in [-0.4, -0.2) is 39.4 Å². The number of amides is 2. The number of benzene rings is 2. The molecule has 154 valence electrons. The van der Waals surface area contributed by atoms with Crippen LogP contribution in [0.3, 0.4) is 0 Å². The van der Waals surface area contributed by atoms with E-state index in [1.54, 1.807) is 26.0 Å². The zero-order valence-corrected chi connectivity index (χ0v) is 17.2. The van der Waals surface area contributed by atoms with E-state index in [2.05, 4.69) is 10.0 Å². The Morgan fingerprint density at radius 2 is 1.86 bits per heavy atom. The predicted molar refractivity (Wildman–Crippen MR) is 110 cm³/mol. The first-order chi connectivity index (χ1) is 13.7. The van der Waals surface area contributed by atoms with Crippen molar-refractivity contribution in [1.82, 2.24) is 4.72 Å². The van der Waals surface area contributed by atoms with Gasteiger partial charge in [-0.1, -0.05) is 17.7 Å². The summed E-state index contributed by atoms with van der Waals surface area (Å²) in [6.45, 7) is 4.91. The summed E-state index contributed by atoms with van der Waals surface area (Å²) in [5.74, 6) is -0.514. The topological polar surface area (TPSA) is 105 Å². The lowest BCUT2D eigenvalue weighted by atomic mass is 10.2. The maximum atomic E-state index is 12.4. The number of aryl methyl sites for hydroxylation is 1. The average Bonchev–Trinajstić information content (AvgIpc) is 2.64. The molecule has 0 radical (unpaired) electrons. The van der Waals surface area contributed by atoms with Crippen molar-refractivity contribution in [2.45, 2.75) is 31.7 Å². The molecule has 8 nitrogen and oxygen atoms in total. The molecule has 0 spiro atoms. The van der Waals surface area contributed by atoms with Crippen molar-refractivity contribution in [3.05, 3.63) is 48.0 Å². The number of fused-ring (bicyclic) bond motifs is 1. The number of carbonyl (C=O) groups excluding carboxylic acids is 2. The van der Waals surface area contributed by atoms with Crippen molar-refractivity contribution in [1.29, 1.82) is 0 Å². The van der Waals surface area contributed by atoms with E-state index in [0.717, 1.165) is 5.56 Å². The third-order valence-electron chi connectivity index (χ3n) is 4.21. The number of hydrogen-bond acceptors (Lipinski definition) is 5. The minimum absolute atomic E-state index is 0.0309. The second-order valence-corrected chi connectivity index (χ2v) is 8.80. The van der Waals surface area contributed by atoms with Gasteiger partial charge in [-0.15, -0.1) is 0 Å². The highest BCUT2D eigenvalue weighted by Crippen LogP contribution is 2.34. The lowest BCUT2D eigenvalue weighted by molar-refractivity contribution is -0.123. The normalized spacial score (nSPS) is 13.8. The van der Waals surface area contributed by atoms with Crippen molar-refractivity contribution in [2.75, 3.05) is 23.4 Å². The minimum Gasteiger partial charge on any atom is -0.482 e. The summed E-state index contributed by atoms with van der Waals surface area (Å²) >= 11 is 0. The first kappa shape index (κ1) is 20.8. The minimum atomic E-state index is -3.70. The molecule has 0 aromatic heterocycles. The molecule has 0 unspecified atom stereocenters. The van der Waals surface area contributed by atoms with Gasteiger partial charge in [0.25, 0.3) is 5.91 Å². The summed E-state index contributed by atoms with van der Waals surface area (Å²) in [5, 5.41) is 2.75. The Balaban J connectivity index is 1.80. The van der Waals surface area contributed by atoms with E-state index in [9.17, 15) is 18.0 Å². The van der Waals surface area contributed by atoms with Crippen LogP contribution in [0.1, 0.15) is 19.4 Å². The van der Waals surface area contributed by atoms with Crippen LogP contribution < -0.4 is 19.7 Å². The van der Waals surface area contributed by atoms with Gasteiger partial charge in [-0.05, 0) is 45.0 Å². The molecular weight excluding hydrogens is 394 g/mol. The smallest absolute Gasteiger partial charge is 0.265 e. The predicted octanol–water partition coefficient (Wildman–Crippen LogP) is 2.05. The summed E-state index contributed by atoms with van der Waals surface area (Å²) in [6.07, 6.45) is 0. The highest BCUT2D eigenvalue weighted by atomic mass is 32.2. The summed E-state index contributed by atoms with van der Waals surface area (Å²) in [4.78, 5) is 26.0. The lowest BCUT2D eigenvalue weighted by Gasteiger charge is -2.29. The third kappa shape index (κ3) is 4.93. The first-order valence-corrected chi connectivity index (χ1v) is 10.6. The molecule has 29 heavy (non-hydrogen) atoms. The lowest BCUT2D eigenvalue weighted by Crippen LogP contribution is -2.43. The van der Waals surface area contributed by atoms with E-state index in [1.165, 1.54) is 23.1 Å². The molecule has 1 aliphatic rings. The number of rotatable bonds is 6. The number of hydrogen-bond donors (Lipinski definition) is 2. The summed E-state index contributed by atoms with van der Waals surface area (Å²) in [7, 11) is -3.70.